The monoisotopic (exact) mass is 397 g/mol. The van der Waals surface area contributed by atoms with Crippen molar-refractivity contribution in [1.29, 1.82) is 5.26 Å². The lowest BCUT2D eigenvalue weighted by Crippen LogP contribution is -2.18. The van der Waals surface area contributed by atoms with E-state index >= 15 is 0 Å². The minimum atomic E-state index is -0.799. The molecule has 4 aromatic rings. The number of methoxy groups -OCH3 is 1. The Bertz CT molecular complexity index is 1330. The van der Waals surface area contributed by atoms with Gasteiger partial charge in [-0.2, -0.15) is 5.26 Å². The molecule has 0 radical (unpaired) electrons. The normalized spacial score (nSPS) is 10.4. The Morgan fingerprint density at radius 1 is 0.900 bits per heavy atom. The number of carbonyl (C=O) groups is 1. The number of esters is 1. The van der Waals surface area contributed by atoms with E-state index < -0.39 is 11.6 Å². The van der Waals surface area contributed by atoms with E-state index in [1.54, 1.807) is 54.6 Å². The highest BCUT2D eigenvalue weighted by Gasteiger charge is 2.16. The molecule has 0 fully saturated rings. The summed E-state index contributed by atoms with van der Waals surface area (Å²) in [5, 5.41) is 9.46. The quantitative estimate of drug-likeness (QED) is 0.285. The van der Waals surface area contributed by atoms with Crippen molar-refractivity contribution < 1.29 is 18.7 Å². The van der Waals surface area contributed by atoms with E-state index in [-0.39, 0.29) is 5.56 Å². The lowest BCUT2D eigenvalue weighted by atomic mass is 10.0. The molecule has 0 saturated carbocycles. The van der Waals surface area contributed by atoms with Gasteiger partial charge in [-0.05, 0) is 53.6 Å². The van der Waals surface area contributed by atoms with Crippen LogP contribution in [-0.4, -0.2) is 13.1 Å². The standard InChI is InChI=1S/C24H15NO5/c1-28-20-11-8-18-12-21(24(27)30-22(18)13-20)23(26)29-19-9-6-17(7-10-19)16-4-2-15(14-25)3-5-16/h2-13H,1H3. The van der Waals surface area contributed by atoms with Crippen molar-refractivity contribution in [2.45, 2.75) is 0 Å². The fourth-order valence-corrected chi connectivity index (χ4v) is 2.98. The third-order valence-corrected chi connectivity index (χ3v) is 4.58. The van der Waals surface area contributed by atoms with E-state index in [0.29, 0.717) is 28.0 Å². The highest BCUT2D eigenvalue weighted by molar-refractivity contribution is 5.94. The van der Waals surface area contributed by atoms with Crippen molar-refractivity contribution in [2.75, 3.05) is 7.11 Å². The maximum absolute atomic E-state index is 12.5. The first-order valence-electron chi connectivity index (χ1n) is 9.02. The van der Waals surface area contributed by atoms with Crippen LogP contribution < -0.4 is 15.1 Å². The van der Waals surface area contributed by atoms with Crippen molar-refractivity contribution in [3.8, 4) is 28.7 Å². The second-order valence-electron chi connectivity index (χ2n) is 6.45. The SMILES string of the molecule is COc1ccc2cc(C(=O)Oc3ccc(-c4ccc(C#N)cc4)cc3)c(=O)oc2c1. The van der Waals surface area contributed by atoms with E-state index in [1.165, 1.54) is 13.2 Å². The molecule has 1 heterocycles. The number of nitriles is 1. The minimum absolute atomic E-state index is 0.191. The smallest absolute Gasteiger partial charge is 0.351 e. The molecule has 1 aromatic heterocycles. The zero-order chi connectivity index (χ0) is 21.1. The number of fused-ring (bicyclic) bond motifs is 1. The van der Waals surface area contributed by atoms with Crippen LogP contribution in [0.3, 0.4) is 0 Å². The maximum atomic E-state index is 12.5. The van der Waals surface area contributed by atoms with Gasteiger partial charge in [0.2, 0.25) is 0 Å². The number of benzene rings is 3. The summed E-state index contributed by atoms with van der Waals surface area (Å²) < 4.78 is 15.7. The number of ether oxygens (including phenoxy) is 2. The summed E-state index contributed by atoms with van der Waals surface area (Å²) in [6, 6.07) is 22.5. The number of nitrogens with zero attached hydrogens (tertiary/aromatic N) is 1. The predicted octanol–water partition coefficient (Wildman–Crippen LogP) is 4.56. The van der Waals surface area contributed by atoms with Gasteiger partial charge in [-0.15, -0.1) is 0 Å². The third kappa shape index (κ3) is 3.77. The van der Waals surface area contributed by atoms with Crippen LogP contribution in [0.25, 0.3) is 22.1 Å². The summed E-state index contributed by atoms with van der Waals surface area (Å²) in [5.41, 5.74) is 1.76. The van der Waals surface area contributed by atoms with E-state index in [0.717, 1.165) is 11.1 Å². The first-order valence-corrected chi connectivity index (χ1v) is 9.02. The molecule has 0 atom stereocenters. The van der Waals surface area contributed by atoms with E-state index in [4.69, 9.17) is 19.2 Å². The molecule has 0 bridgehead atoms. The first-order chi connectivity index (χ1) is 14.6. The molecule has 0 unspecified atom stereocenters. The molecule has 3 aromatic carbocycles. The second kappa shape index (κ2) is 7.94. The number of rotatable bonds is 4. The molecular formula is C24H15NO5. The van der Waals surface area contributed by atoms with Crippen molar-refractivity contribution in [3.05, 3.63) is 94.3 Å². The number of hydrogen-bond acceptors (Lipinski definition) is 6. The highest BCUT2D eigenvalue weighted by atomic mass is 16.5. The van der Waals surface area contributed by atoms with Crippen LogP contribution in [0.15, 0.2) is 82.0 Å². The molecule has 6 nitrogen and oxygen atoms in total. The van der Waals surface area contributed by atoms with Gasteiger partial charge in [-0.25, -0.2) is 9.59 Å². The summed E-state index contributed by atoms with van der Waals surface area (Å²) in [7, 11) is 1.51. The van der Waals surface area contributed by atoms with Crippen LogP contribution in [-0.2, 0) is 0 Å². The van der Waals surface area contributed by atoms with E-state index in [2.05, 4.69) is 6.07 Å². The average Bonchev–Trinajstić information content (AvgIpc) is 2.78. The van der Waals surface area contributed by atoms with Gasteiger partial charge in [0.05, 0.1) is 18.7 Å². The van der Waals surface area contributed by atoms with Gasteiger partial charge < -0.3 is 13.9 Å². The van der Waals surface area contributed by atoms with Crippen LogP contribution in [0.2, 0.25) is 0 Å². The van der Waals surface area contributed by atoms with Gasteiger partial charge in [0.15, 0.2) is 0 Å². The number of carbonyl (C=O) groups excluding carboxylic acids is 1. The van der Waals surface area contributed by atoms with Gasteiger partial charge >= 0.3 is 11.6 Å². The zero-order valence-corrected chi connectivity index (χ0v) is 15.9. The van der Waals surface area contributed by atoms with Crippen molar-refractivity contribution >= 4 is 16.9 Å². The van der Waals surface area contributed by atoms with Crippen LogP contribution in [0.4, 0.5) is 0 Å². The molecule has 146 valence electrons. The summed E-state index contributed by atoms with van der Waals surface area (Å²) in [6.07, 6.45) is 0. The summed E-state index contributed by atoms with van der Waals surface area (Å²) in [5.74, 6) is 0.0440. The molecular weight excluding hydrogens is 382 g/mol. The molecule has 0 saturated heterocycles. The predicted molar refractivity (Wildman–Crippen MR) is 111 cm³/mol. The van der Waals surface area contributed by atoms with E-state index in [9.17, 15) is 9.59 Å². The Morgan fingerprint density at radius 2 is 1.53 bits per heavy atom. The molecule has 4 rings (SSSR count). The largest absolute Gasteiger partial charge is 0.497 e. The Hall–Kier alpha value is -4.37. The van der Waals surface area contributed by atoms with Crippen LogP contribution in [0, 0.1) is 11.3 Å². The Morgan fingerprint density at radius 3 is 2.17 bits per heavy atom. The second-order valence-corrected chi connectivity index (χ2v) is 6.45. The molecule has 30 heavy (non-hydrogen) atoms. The number of hydrogen-bond donors (Lipinski definition) is 0. The Balaban J connectivity index is 1.55. The fraction of sp³-hybridized carbons (Fsp3) is 0.0417. The molecule has 0 spiro atoms. The van der Waals surface area contributed by atoms with Crippen LogP contribution in [0.5, 0.6) is 11.5 Å². The fourth-order valence-electron chi connectivity index (χ4n) is 2.98. The highest BCUT2D eigenvalue weighted by Crippen LogP contribution is 2.24. The minimum Gasteiger partial charge on any atom is -0.497 e. The lowest BCUT2D eigenvalue weighted by molar-refractivity contribution is 0.0730. The Kier molecular flexibility index (Phi) is 5.02. The topological polar surface area (TPSA) is 89.5 Å². The lowest BCUT2D eigenvalue weighted by Gasteiger charge is -2.07. The first kappa shape index (κ1) is 19.0. The average molecular weight is 397 g/mol. The van der Waals surface area contributed by atoms with Gasteiger partial charge in [0.25, 0.3) is 0 Å². The van der Waals surface area contributed by atoms with Gasteiger partial charge in [-0.1, -0.05) is 24.3 Å². The summed E-state index contributed by atoms with van der Waals surface area (Å²) >= 11 is 0. The molecule has 0 N–H and O–H groups in total. The maximum Gasteiger partial charge on any atom is 0.351 e. The summed E-state index contributed by atoms with van der Waals surface area (Å²) in [4.78, 5) is 24.7. The molecule has 0 amide bonds. The third-order valence-electron chi connectivity index (χ3n) is 4.58. The summed E-state index contributed by atoms with van der Waals surface area (Å²) in [6.45, 7) is 0. The van der Waals surface area contributed by atoms with Crippen molar-refractivity contribution in [1.82, 2.24) is 0 Å². The van der Waals surface area contributed by atoms with Gasteiger partial charge in [0, 0.05) is 11.5 Å². The molecule has 0 aliphatic carbocycles. The molecule has 0 aliphatic rings. The molecule has 0 aliphatic heterocycles. The van der Waals surface area contributed by atoms with Gasteiger partial charge in [0.1, 0.15) is 22.6 Å². The van der Waals surface area contributed by atoms with Crippen LogP contribution in [0.1, 0.15) is 15.9 Å². The van der Waals surface area contributed by atoms with Crippen molar-refractivity contribution in [2.24, 2.45) is 0 Å². The zero-order valence-electron chi connectivity index (χ0n) is 15.9. The van der Waals surface area contributed by atoms with Crippen molar-refractivity contribution in [3.63, 3.8) is 0 Å². The van der Waals surface area contributed by atoms with Gasteiger partial charge in [-0.3, -0.25) is 0 Å². The van der Waals surface area contributed by atoms with E-state index in [1.807, 2.05) is 12.1 Å². The Labute approximate surface area is 171 Å². The van der Waals surface area contributed by atoms with Crippen LogP contribution >= 0.6 is 0 Å². The molecule has 6 heteroatoms.